The number of rotatable bonds is 6. The number of fused-ring (bicyclic) bond motifs is 1. The van der Waals surface area contributed by atoms with Crippen LogP contribution < -0.4 is 9.47 Å². The highest BCUT2D eigenvalue weighted by Gasteiger charge is 2.28. The van der Waals surface area contributed by atoms with E-state index in [1.807, 2.05) is 54.6 Å². The van der Waals surface area contributed by atoms with Crippen LogP contribution in [0.15, 0.2) is 83.0 Å². The average Bonchev–Trinajstić information content (AvgIpc) is 3.08. The van der Waals surface area contributed by atoms with Crippen molar-refractivity contribution < 1.29 is 23.8 Å². The lowest BCUT2D eigenvalue weighted by Gasteiger charge is -2.08. The largest absolute Gasteiger partial charge is 0.482 e. The van der Waals surface area contributed by atoms with Crippen LogP contribution in [0.4, 0.5) is 0 Å². The molecule has 0 N–H and O–H groups in total. The summed E-state index contributed by atoms with van der Waals surface area (Å²) in [6.45, 7) is -0.0484. The number of ether oxygens (including phenoxy) is 3. The van der Waals surface area contributed by atoms with Gasteiger partial charge in [-0.2, -0.15) is 0 Å². The first-order chi connectivity index (χ1) is 14.6. The van der Waals surface area contributed by atoms with Crippen molar-refractivity contribution in [2.45, 2.75) is 6.61 Å². The van der Waals surface area contributed by atoms with Gasteiger partial charge in [0.15, 0.2) is 12.4 Å². The van der Waals surface area contributed by atoms with E-state index >= 15 is 0 Å². The molecule has 5 nitrogen and oxygen atoms in total. The molecular formula is C24H17BrO5. The first-order valence-corrected chi connectivity index (χ1v) is 10.0. The van der Waals surface area contributed by atoms with Gasteiger partial charge in [0, 0.05) is 10.5 Å². The predicted octanol–water partition coefficient (Wildman–Crippen LogP) is 5.19. The Balaban J connectivity index is 1.38. The van der Waals surface area contributed by atoms with Crippen LogP contribution in [0.25, 0.3) is 6.08 Å². The molecule has 0 bridgehead atoms. The summed E-state index contributed by atoms with van der Waals surface area (Å²) in [7, 11) is 0. The molecule has 3 aromatic carbocycles. The minimum absolute atomic E-state index is 0.189. The summed E-state index contributed by atoms with van der Waals surface area (Å²) in [5, 5.41) is 0. The zero-order valence-electron chi connectivity index (χ0n) is 15.8. The van der Waals surface area contributed by atoms with E-state index in [-0.39, 0.29) is 24.8 Å². The van der Waals surface area contributed by atoms with Gasteiger partial charge in [-0.3, -0.25) is 4.79 Å². The topological polar surface area (TPSA) is 61.8 Å². The number of allylic oxidation sites excluding steroid dienone is 1. The molecule has 0 amide bonds. The Bertz CT molecular complexity index is 1120. The third kappa shape index (κ3) is 4.60. The van der Waals surface area contributed by atoms with E-state index < -0.39 is 5.97 Å². The van der Waals surface area contributed by atoms with E-state index in [1.54, 1.807) is 24.3 Å². The molecule has 1 aliphatic rings. The van der Waals surface area contributed by atoms with Crippen LogP contribution >= 0.6 is 15.9 Å². The van der Waals surface area contributed by atoms with Gasteiger partial charge in [0.25, 0.3) is 0 Å². The molecule has 0 unspecified atom stereocenters. The van der Waals surface area contributed by atoms with Crippen LogP contribution in [0.5, 0.6) is 11.5 Å². The zero-order valence-corrected chi connectivity index (χ0v) is 17.4. The lowest BCUT2D eigenvalue weighted by molar-refractivity contribution is -0.147. The molecule has 0 atom stereocenters. The van der Waals surface area contributed by atoms with E-state index in [0.717, 1.165) is 15.6 Å². The molecule has 0 spiro atoms. The molecule has 1 aliphatic heterocycles. The van der Waals surface area contributed by atoms with Crippen molar-refractivity contribution in [1.29, 1.82) is 0 Å². The molecule has 0 radical (unpaired) electrons. The third-order valence-corrected chi connectivity index (χ3v) is 5.15. The maximum atomic E-state index is 12.6. The Morgan fingerprint density at radius 1 is 1.00 bits per heavy atom. The monoisotopic (exact) mass is 464 g/mol. The van der Waals surface area contributed by atoms with E-state index in [1.165, 1.54) is 0 Å². The second-order valence-corrected chi connectivity index (χ2v) is 7.41. The highest BCUT2D eigenvalue weighted by Crippen LogP contribution is 2.35. The van der Waals surface area contributed by atoms with Gasteiger partial charge in [0.05, 0.1) is 5.56 Å². The van der Waals surface area contributed by atoms with Gasteiger partial charge in [-0.15, -0.1) is 0 Å². The summed E-state index contributed by atoms with van der Waals surface area (Å²) in [5.74, 6) is 0.366. The fourth-order valence-corrected chi connectivity index (χ4v) is 3.31. The van der Waals surface area contributed by atoms with Crippen molar-refractivity contribution in [3.63, 3.8) is 0 Å². The Labute approximate surface area is 182 Å². The minimum Gasteiger partial charge on any atom is -0.482 e. The first-order valence-electron chi connectivity index (χ1n) is 9.25. The quantitative estimate of drug-likeness (QED) is 0.371. The van der Waals surface area contributed by atoms with Gasteiger partial charge in [0.2, 0.25) is 5.78 Å². The van der Waals surface area contributed by atoms with Gasteiger partial charge in [-0.05, 0) is 35.4 Å². The second-order valence-electron chi connectivity index (χ2n) is 6.55. The predicted molar refractivity (Wildman–Crippen MR) is 115 cm³/mol. The van der Waals surface area contributed by atoms with Crippen LogP contribution in [0.2, 0.25) is 0 Å². The van der Waals surface area contributed by atoms with Gasteiger partial charge in [-0.1, -0.05) is 64.5 Å². The van der Waals surface area contributed by atoms with Crippen molar-refractivity contribution in [3.8, 4) is 11.5 Å². The molecule has 150 valence electrons. The van der Waals surface area contributed by atoms with Crippen molar-refractivity contribution in [1.82, 2.24) is 0 Å². The number of hydrogen-bond donors (Lipinski definition) is 0. The van der Waals surface area contributed by atoms with Crippen molar-refractivity contribution in [3.05, 3.63) is 99.7 Å². The Hall–Kier alpha value is -3.38. The summed E-state index contributed by atoms with van der Waals surface area (Å²) in [6.07, 6.45) is 1.69. The molecule has 3 aromatic rings. The Morgan fingerprint density at radius 3 is 2.57 bits per heavy atom. The van der Waals surface area contributed by atoms with Crippen LogP contribution in [-0.2, 0) is 16.1 Å². The fraction of sp³-hybridized carbons (Fsp3) is 0.0833. The van der Waals surface area contributed by atoms with E-state index in [0.29, 0.717) is 17.1 Å². The fourth-order valence-electron chi connectivity index (χ4n) is 2.91. The number of hydrogen-bond acceptors (Lipinski definition) is 5. The van der Waals surface area contributed by atoms with Gasteiger partial charge < -0.3 is 14.2 Å². The number of esters is 1. The van der Waals surface area contributed by atoms with Gasteiger partial charge in [-0.25, -0.2) is 4.79 Å². The van der Waals surface area contributed by atoms with Crippen molar-refractivity contribution in [2.75, 3.05) is 6.61 Å². The zero-order chi connectivity index (χ0) is 20.9. The number of carbonyl (C=O) groups is 2. The lowest BCUT2D eigenvalue weighted by atomic mass is 10.1. The third-order valence-electron chi connectivity index (χ3n) is 4.43. The van der Waals surface area contributed by atoms with Crippen LogP contribution in [0.1, 0.15) is 21.5 Å². The normalized spacial score (nSPS) is 13.6. The summed E-state index contributed by atoms with van der Waals surface area (Å²) in [4.78, 5) is 24.5. The van der Waals surface area contributed by atoms with Crippen molar-refractivity contribution in [2.24, 2.45) is 0 Å². The standard InChI is InChI=1S/C24H17BrO5/c25-20-9-5-4-8-17(20)12-22-24(27)19-11-10-18(13-21(19)30-22)28-15-23(26)29-14-16-6-2-1-3-7-16/h1-13H,14-15H2. The molecular weight excluding hydrogens is 448 g/mol. The molecule has 0 saturated heterocycles. The van der Waals surface area contributed by atoms with Crippen LogP contribution in [-0.4, -0.2) is 18.4 Å². The second kappa shape index (κ2) is 8.97. The molecule has 0 aromatic heterocycles. The number of ketones is 1. The average molecular weight is 465 g/mol. The van der Waals surface area contributed by atoms with Gasteiger partial charge >= 0.3 is 5.97 Å². The van der Waals surface area contributed by atoms with Crippen molar-refractivity contribution >= 4 is 33.8 Å². The number of carbonyl (C=O) groups excluding carboxylic acids is 2. The number of benzene rings is 3. The molecule has 0 fully saturated rings. The maximum absolute atomic E-state index is 12.6. The smallest absolute Gasteiger partial charge is 0.344 e. The number of Topliss-reactive ketones (excluding diaryl/α,β-unsaturated/α-hetero) is 1. The molecule has 4 rings (SSSR count). The van der Waals surface area contributed by atoms with Crippen LogP contribution in [0, 0.1) is 0 Å². The lowest BCUT2D eigenvalue weighted by Crippen LogP contribution is -2.14. The highest BCUT2D eigenvalue weighted by molar-refractivity contribution is 9.10. The van der Waals surface area contributed by atoms with E-state index in [4.69, 9.17) is 14.2 Å². The van der Waals surface area contributed by atoms with Gasteiger partial charge in [0.1, 0.15) is 18.1 Å². The number of halogens is 1. The minimum atomic E-state index is -0.481. The van der Waals surface area contributed by atoms with Crippen LogP contribution in [0.3, 0.4) is 0 Å². The van der Waals surface area contributed by atoms with E-state index in [2.05, 4.69) is 15.9 Å². The first kappa shape index (κ1) is 19.9. The Morgan fingerprint density at radius 2 is 1.77 bits per heavy atom. The highest BCUT2D eigenvalue weighted by atomic mass is 79.9. The summed E-state index contributed by atoms with van der Waals surface area (Å²) < 4.78 is 17.3. The summed E-state index contributed by atoms with van der Waals surface area (Å²) in [6, 6.07) is 21.8. The summed E-state index contributed by atoms with van der Waals surface area (Å²) in [5.41, 5.74) is 2.19. The molecule has 30 heavy (non-hydrogen) atoms. The summed E-state index contributed by atoms with van der Waals surface area (Å²) >= 11 is 3.46. The Kier molecular flexibility index (Phi) is 5.95. The van der Waals surface area contributed by atoms with E-state index in [9.17, 15) is 9.59 Å². The maximum Gasteiger partial charge on any atom is 0.344 e. The molecule has 6 heteroatoms. The molecule has 0 saturated carbocycles. The molecule has 0 aliphatic carbocycles. The SMILES string of the molecule is O=C(COc1ccc2c(c1)OC(=Cc1ccccc1Br)C2=O)OCc1ccccc1. The molecule has 1 heterocycles.